The Morgan fingerprint density at radius 3 is 1.17 bits per heavy atom. The Morgan fingerprint density at radius 2 is 0.731 bits per heavy atom. The van der Waals surface area contributed by atoms with Gasteiger partial charge in [-0.2, -0.15) is 5.26 Å². The molecule has 0 fully saturated rings. The Balaban J connectivity index is 1.23. The highest BCUT2D eigenvalue weighted by molar-refractivity contribution is 6.25. The smallest absolute Gasteiger partial charge is 0.237 e. The molecule has 17 aromatic rings. The molecule has 0 atom stereocenters. The van der Waals surface area contributed by atoms with Crippen LogP contribution < -0.4 is 0 Å². The molecule has 17 rings (SSSR count). The molecule has 0 saturated carbocycles. The summed E-state index contributed by atoms with van der Waals surface area (Å²) in [5.41, 5.74) is 15.1. The van der Waals surface area contributed by atoms with Gasteiger partial charge in [-0.1, -0.05) is 145 Å². The standard InChI is InChI=1S/C70H40N6O2/c1-39-28-34-58-51(36-39)47-30-32-49-45-20-8-14-26-60(45)77-69(49)65(47)75(58)64-53(38-71)63(73-54-22-10-4-16-41(54)42-17-5-11-23-55(42)73)62(72-3)67(68(64)74-56-24-12-6-18-43(56)44-19-7-13-25-57(44)74)76-59-35-29-40(2)37-52(59)48-31-33-50-46-21-9-15-27-61(46)78-70(50)66(48)76/h4-37H,1-2H3. The van der Waals surface area contributed by atoms with Crippen LogP contribution in [0.1, 0.15) is 16.7 Å². The fourth-order valence-electron chi connectivity index (χ4n) is 13.3. The van der Waals surface area contributed by atoms with E-state index in [9.17, 15) is 11.8 Å². The molecule has 78 heavy (non-hydrogen) atoms. The highest BCUT2D eigenvalue weighted by Crippen LogP contribution is 2.53. The topological polar surface area (TPSA) is 74.2 Å². The Kier molecular flexibility index (Phi) is 8.40. The second-order valence-electron chi connectivity index (χ2n) is 20.7. The number of rotatable bonds is 4. The van der Waals surface area contributed by atoms with Crippen LogP contribution in [0.3, 0.4) is 0 Å². The van der Waals surface area contributed by atoms with Crippen molar-refractivity contribution in [2.75, 3.05) is 0 Å². The molecule has 11 aromatic carbocycles. The van der Waals surface area contributed by atoms with E-state index in [1.165, 1.54) is 0 Å². The van der Waals surface area contributed by atoms with E-state index in [4.69, 9.17) is 13.7 Å². The lowest BCUT2D eigenvalue weighted by Gasteiger charge is -2.27. The maximum atomic E-state index is 12.7. The number of nitrogens with zero attached hydrogens (tertiary/aromatic N) is 6. The lowest BCUT2D eigenvalue weighted by molar-refractivity contribution is 0.671. The van der Waals surface area contributed by atoms with Gasteiger partial charge in [0.1, 0.15) is 17.2 Å². The summed E-state index contributed by atoms with van der Waals surface area (Å²) in [6.07, 6.45) is 0. The normalized spacial score (nSPS) is 12.2. The van der Waals surface area contributed by atoms with Crippen molar-refractivity contribution in [3.8, 4) is 28.8 Å². The predicted molar refractivity (Wildman–Crippen MR) is 319 cm³/mol. The minimum atomic E-state index is 0.302. The maximum Gasteiger partial charge on any atom is 0.237 e. The minimum Gasteiger partial charge on any atom is -0.454 e. The van der Waals surface area contributed by atoms with Crippen LogP contribution in [0.25, 0.3) is 159 Å². The third-order valence-electron chi connectivity index (χ3n) is 16.5. The predicted octanol–water partition coefficient (Wildman–Crippen LogP) is 18.9. The average Bonchev–Trinajstić information content (AvgIpc) is 4.07. The summed E-state index contributed by atoms with van der Waals surface area (Å²) in [7, 11) is 0. The zero-order valence-electron chi connectivity index (χ0n) is 42.1. The van der Waals surface area contributed by atoms with Crippen molar-refractivity contribution in [3.63, 3.8) is 0 Å². The Bertz CT molecular complexity index is 5300. The molecule has 362 valence electrons. The first kappa shape index (κ1) is 42.5. The summed E-state index contributed by atoms with van der Waals surface area (Å²) in [5, 5.41) is 24.7. The van der Waals surface area contributed by atoms with Gasteiger partial charge >= 0.3 is 0 Å². The zero-order chi connectivity index (χ0) is 51.7. The quantitative estimate of drug-likeness (QED) is 0.165. The third-order valence-corrected chi connectivity index (χ3v) is 16.5. The fraction of sp³-hybridized carbons (Fsp3) is 0.0286. The van der Waals surface area contributed by atoms with Gasteiger partial charge in [0.15, 0.2) is 11.2 Å². The van der Waals surface area contributed by atoms with Crippen LogP contribution in [-0.2, 0) is 0 Å². The van der Waals surface area contributed by atoms with Crippen molar-refractivity contribution in [2.24, 2.45) is 0 Å². The van der Waals surface area contributed by atoms with Gasteiger partial charge in [0, 0.05) is 64.6 Å². The molecule has 0 spiro atoms. The molecule has 0 unspecified atom stereocenters. The molecule has 6 aromatic heterocycles. The number of benzene rings is 11. The number of para-hydroxylation sites is 6. The molecular weight excluding hydrogens is 957 g/mol. The fourth-order valence-corrected chi connectivity index (χ4v) is 13.3. The van der Waals surface area contributed by atoms with Gasteiger partial charge in [-0.25, -0.2) is 4.85 Å². The minimum absolute atomic E-state index is 0.302. The highest BCUT2D eigenvalue weighted by Gasteiger charge is 2.36. The van der Waals surface area contributed by atoms with Crippen molar-refractivity contribution >= 4 is 137 Å². The van der Waals surface area contributed by atoms with Crippen molar-refractivity contribution < 1.29 is 8.83 Å². The number of hydrogen-bond donors (Lipinski definition) is 0. The zero-order valence-corrected chi connectivity index (χ0v) is 42.1. The van der Waals surface area contributed by atoms with Gasteiger partial charge in [-0.15, -0.1) is 0 Å². The molecule has 6 heterocycles. The highest BCUT2D eigenvalue weighted by atomic mass is 16.3. The van der Waals surface area contributed by atoms with Crippen LogP contribution >= 0.6 is 0 Å². The summed E-state index contributed by atoms with van der Waals surface area (Å²) in [6.45, 7) is 14.2. The molecule has 0 amide bonds. The SMILES string of the molecule is [C-]#[N+]c1c(-n2c3ccccc3c3ccccc32)c(C#N)c(-n2c3ccc(C)cc3c3ccc4c5ccccc5oc4c32)c(-n2c3ccccc3c3ccccc32)c1-n1c2ccc(C)cc2c2ccc3c4ccccc4oc3c21. The third kappa shape index (κ3) is 5.39. The first-order chi connectivity index (χ1) is 38.5. The number of aromatic nitrogens is 4. The van der Waals surface area contributed by atoms with Crippen LogP contribution in [0.4, 0.5) is 5.69 Å². The molecule has 0 saturated heterocycles. The average molecular weight is 997 g/mol. The number of furan rings is 2. The van der Waals surface area contributed by atoms with Crippen LogP contribution in [0.2, 0.25) is 0 Å². The van der Waals surface area contributed by atoms with Crippen molar-refractivity contribution in [3.05, 3.63) is 234 Å². The van der Waals surface area contributed by atoms with Gasteiger partial charge in [-0.3, -0.25) is 0 Å². The summed E-state index contributed by atoms with van der Waals surface area (Å²) in [4.78, 5) is 4.81. The van der Waals surface area contributed by atoms with E-state index in [1.54, 1.807) is 0 Å². The molecule has 8 nitrogen and oxygen atoms in total. The van der Waals surface area contributed by atoms with Crippen LogP contribution in [0.5, 0.6) is 0 Å². The lowest BCUT2D eigenvalue weighted by atomic mass is 10.0. The van der Waals surface area contributed by atoms with Gasteiger partial charge in [0.05, 0.1) is 79.0 Å². The summed E-state index contributed by atoms with van der Waals surface area (Å²) in [6, 6.07) is 74.8. The van der Waals surface area contributed by atoms with Crippen LogP contribution in [0, 0.1) is 31.8 Å². The largest absolute Gasteiger partial charge is 0.454 e. The van der Waals surface area contributed by atoms with E-state index in [-0.39, 0.29) is 0 Å². The first-order valence-corrected chi connectivity index (χ1v) is 26.2. The Hall–Kier alpha value is -10.8. The molecule has 0 aliphatic rings. The second kappa shape index (κ2) is 15.4. The molecule has 0 aliphatic carbocycles. The van der Waals surface area contributed by atoms with E-state index in [1.807, 2.05) is 42.5 Å². The second-order valence-corrected chi connectivity index (χ2v) is 20.7. The molecule has 0 aliphatic heterocycles. The van der Waals surface area contributed by atoms with Gasteiger partial charge in [-0.05, 0) is 86.6 Å². The molecule has 8 heteroatoms. The summed E-state index contributed by atoms with van der Waals surface area (Å²) >= 11 is 0. The number of fused-ring (bicyclic) bond motifs is 20. The Labute approximate surface area is 444 Å². The van der Waals surface area contributed by atoms with E-state index in [0.717, 1.165) is 131 Å². The van der Waals surface area contributed by atoms with E-state index >= 15 is 0 Å². The molecule has 0 radical (unpaired) electrons. The van der Waals surface area contributed by atoms with Gasteiger partial charge in [0.25, 0.3) is 0 Å². The maximum absolute atomic E-state index is 12.7. The number of aryl methyl sites for hydroxylation is 2. The van der Waals surface area contributed by atoms with E-state index in [0.29, 0.717) is 45.2 Å². The van der Waals surface area contributed by atoms with Crippen LogP contribution in [-0.4, -0.2) is 18.3 Å². The number of nitriles is 1. The van der Waals surface area contributed by atoms with Crippen molar-refractivity contribution in [1.29, 1.82) is 5.26 Å². The molecule has 0 bridgehead atoms. The van der Waals surface area contributed by atoms with Crippen LogP contribution in [0.15, 0.2) is 215 Å². The number of hydrogen-bond acceptors (Lipinski definition) is 3. The van der Waals surface area contributed by atoms with Gasteiger partial charge in [0.2, 0.25) is 5.69 Å². The lowest BCUT2D eigenvalue weighted by Crippen LogP contribution is -2.14. The van der Waals surface area contributed by atoms with E-state index < -0.39 is 0 Å². The van der Waals surface area contributed by atoms with Crippen molar-refractivity contribution in [2.45, 2.75) is 13.8 Å². The monoisotopic (exact) mass is 996 g/mol. The molecule has 0 N–H and O–H groups in total. The first-order valence-electron chi connectivity index (χ1n) is 26.2. The van der Waals surface area contributed by atoms with E-state index in [2.05, 4.69) is 202 Å². The molecular formula is C70H40N6O2. The Morgan fingerprint density at radius 1 is 0.359 bits per heavy atom. The van der Waals surface area contributed by atoms with Gasteiger partial charge < -0.3 is 27.1 Å². The summed E-state index contributed by atoms with van der Waals surface area (Å²) in [5.74, 6) is 0. The summed E-state index contributed by atoms with van der Waals surface area (Å²) < 4.78 is 23.3. The van der Waals surface area contributed by atoms with Crippen molar-refractivity contribution in [1.82, 2.24) is 18.3 Å².